The molecule has 1 fully saturated rings. The highest BCUT2D eigenvalue weighted by molar-refractivity contribution is 5.94. The molecule has 1 saturated heterocycles. The Balaban J connectivity index is 1.25. The van der Waals surface area contributed by atoms with Crippen LogP contribution < -0.4 is 15.0 Å². The van der Waals surface area contributed by atoms with Gasteiger partial charge >= 0.3 is 0 Å². The molecule has 2 aromatic carbocycles. The second-order valence-electron chi connectivity index (χ2n) is 7.78. The first kappa shape index (κ1) is 20.6. The number of aromatic nitrogens is 5. The number of carbonyl (C=O) groups is 1. The number of hydrogen-bond donors (Lipinski definition) is 1. The number of nitrogens with zero attached hydrogens (tertiary/aromatic N) is 6. The highest BCUT2D eigenvalue weighted by Gasteiger charge is 2.27. The molecule has 1 atom stereocenters. The predicted octanol–water partition coefficient (Wildman–Crippen LogP) is 3.70. The van der Waals surface area contributed by atoms with Crippen LogP contribution >= 0.6 is 0 Å². The molecule has 0 spiro atoms. The fourth-order valence-electron chi connectivity index (χ4n) is 3.84. The Morgan fingerprint density at radius 3 is 2.55 bits per heavy atom. The van der Waals surface area contributed by atoms with E-state index >= 15 is 0 Å². The van der Waals surface area contributed by atoms with Crippen molar-refractivity contribution in [3.63, 3.8) is 0 Å². The van der Waals surface area contributed by atoms with Gasteiger partial charge in [-0.15, -0.1) is 10.2 Å². The molecule has 5 rings (SSSR count). The molecule has 0 aliphatic carbocycles. The van der Waals surface area contributed by atoms with Gasteiger partial charge in [0.15, 0.2) is 17.4 Å². The summed E-state index contributed by atoms with van der Waals surface area (Å²) in [5.74, 6) is 2.47. The third-order valence-corrected chi connectivity index (χ3v) is 5.52. The molecule has 0 radical (unpaired) electrons. The zero-order chi connectivity index (χ0) is 22.5. The molecule has 0 saturated carbocycles. The van der Waals surface area contributed by atoms with Gasteiger partial charge in [0, 0.05) is 13.1 Å². The Hall–Kier alpha value is -4.27. The first-order valence-corrected chi connectivity index (χ1v) is 10.8. The Morgan fingerprint density at radius 2 is 1.76 bits per heavy atom. The normalized spacial score (nSPS) is 15.8. The maximum absolute atomic E-state index is 13.1. The van der Waals surface area contributed by atoms with Crippen LogP contribution in [0.2, 0.25) is 0 Å². The quantitative estimate of drug-likeness (QED) is 0.487. The molecule has 1 amide bonds. The van der Waals surface area contributed by atoms with Crippen molar-refractivity contribution in [2.75, 3.05) is 23.3 Å². The van der Waals surface area contributed by atoms with E-state index < -0.39 is 0 Å². The van der Waals surface area contributed by atoms with E-state index in [0.717, 1.165) is 31.0 Å². The van der Waals surface area contributed by atoms with Gasteiger partial charge in [0.25, 0.3) is 0 Å². The van der Waals surface area contributed by atoms with Crippen molar-refractivity contribution in [1.29, 1.82) is 0 Å². The van der Waals surface area contributed by atoms with E-state index in [4.69, 9.17) is 4.74 Å². The summed E-state index contributed by atoms with van der Waals surface area (Å²) < 4.78 is 7.53. The molecule has 3 heterocycles. The van der Waals surface area contributed by atoms with Crippen LogP contribution in [0.25, 0.3) is 5.82 Å². The van der Waals surface area contributed by atoms with Crippen LogP contribution in [-0.4, -0.2) is 44.0 Å². The molecule has 9 nitrogen and oxygen atoms in total. The highest BCUT2D eigenvalue weighted by atomic mass is 16.5. The topological polar surface area (TPSA) is 98.1 Å². The molecule has 1 N–H and O–H groups in total. The maximum Gasteiger partial charge on any atom is 0.229 e. The monoisotopic (exact) mass is 441 g/mol. The van der Waals surface area contributed by atoms with Crippen molar-refractivity contribution in [3.8, 4) is 17.3 Å². The fourth-order valence-corrected chi connectivity index (χ4v) is 3.84. The lowest BCUT2D eigenvalue weighted by Gasteiger charge is -2.32. The van der Waals surface area contributed by atoms with Crippen LogP contribution in [0.4, 0.5) is 11.5 Å². The summed E-state index contributed by atoms with van der Waals surface area (Å²) in [6, 6.07) is 20.7. The third-order valence-electron chi connectivity index (χ3n) is 5.52. The Kier molecular flexibility index (Phi) is 5.92. The molecule has 9 heteroatoms. The lowest BCUT2D eigenvalue weighted by atomic mass is 9.97. The largest absolute Gasteiger partial charge is 0.455 e. The van der Waals surface area contributed by atoms with Crippen LogP contribution in [0.1, 0.15) is 12.8 Å². The van der Waals surface area contributed by atoms with Gasteiger partial charge in [-0.2, -0.15) is 5.10 Å². The molecule has 4 aromatic rings. The molecular weight excluding hydrogens is 418 g/mol. The first-order chi connectivity index (χ1) is 16.3. The second-order valence-corrected chi connectivity index (χ2v) is 7.78. The van der Waals surface area contributed by atoms with E-state index in [-0.39, 0.29) is 11.8 Å². The van der Waals surface area contributed by atoms with E-state index in [9.17, 15) is 4.79 Å². The van der Waals surface area contributed by atoms with Crippen LogP contribution in [0.3, 0.4) is 0 Å². The summed E-state index contributed by atoms with van der Waals surface area (Å²) in [7, 11) is 0. The van der Waals surface area contributed by atoms with E-state index in [0.29, 0.717) is 23.8 Å². The summed E-state index contributed by atoms with van der Waals surface area (Å²) in [5, 5.41) is 15.7. The number of benzene rings is 2. The van der Waals surface area contributed by atoms with Crippen molar-refractivity contribution in [1.82, 2.24) is 25.0 Å². The molecular formula is C24H23N7O2. The van der Waals surface area contributed by atoms with Gasteiger partial charge in [0.2, 0.25) is 5.91 Å². The second kappa shape index (κ2) is 9.47. The Bertz CT molecular complexity index is 1200. The Labute approximate surface area is 191 Å². The zero-order valence-corrected chi connectivity index (χ0v) is 17.9. The third kappa shape index (κ3) is 4.82. The van der Waals surface area contributed by atoms with Crippen LogP contribution in [0, 0.1) is 5.92 Å². The number of hydrogen-bond acceptors (Lipinski definition) is 7. The van der Waals surface area contributed by atoms with Gasteiger partial charge in [-0.3, -0.25) is 4.79 Å². The van der Waals surface area contributed by atoms with E-state index in [1.807, 2.05) is 66.7 Å². The zero-order valence-electron chi connectivity index (χ0n) is 17.9. The molecule has 0 bridgehead atoms. The van der Waals surface area contributed by atoms with Crippen molar-refractivity contribution in [2.45, 2.75) is 12.8 Å². The van der Waals surface area contributed by atoms with Crippen molar-refractivity contribution >= 4 is 17.4 Å². The summed E-state index contributed by atoms with van der Waals surface area (Å²) in [5.41, 5.74) is 0.653. The lowest BCUT2D eigenvalue weighted by molar-refractivity contribution is -0.120. The molecule has 166 valence electrons. The summed E-state index contributed by atoms with van der Waals surface area (Å²) >= 11 is 0. The average molecular weight is 441 g/mol. The van der Waals surface area contributed by atoms with Crippen LogP contribution in [0.15, 0.2) is 79.4 Å². The molecule has 2 aromatic heterocycles. The molecule has 1 aliphatic heterocycles. The minimum atomic E-state index is -0.166. The number of ether oxygens (including phenoxy) is 1. The first-order valence-electron chi connectivity index (χ1n) is 10.8. The van der Waals surface area contributed by atoms with E-state index in [1.54, 1.807) is 11.0 Å². The van der Waals surface area contributed by atoms with Crippen molar-refractivity contribution in [2.24, 2.45) is 5.92 Å². The van der Waals surface area contributed by atoms with Gasteiger partial charge in [-0.05, 0) is 49.2 Å². The number of anilines is 2. The van der Waals surface area contributed by atoms with E-state index in [2.05, 4.69) is 30.5 Å². The molecule has 33 heavy (non-hydrogen) atoms. The van der Waals surface area contributed by atoms with Gasteiger partial charge in [0.1, 0.15) is 18.4 Å². The SMILES string of the molecule is O=C(Nc1ccccc1Oc1ccccc1)C1CCCN(c2ccc(-n3cncn3)nn2)C1. The Morgan fingerprint density at radius 1 is 0.970 bits per heavy atom. The maximum atomic E-state index is 13.1. The number of para-hydroxylation sites is 3. The summed E-state index contributed by atoms with van der Waals surface area (Å²) in [6.07, 6.45) is 4.73. The molecule has 1 aliphatic rings. The van der Waals surface area contributed by atoms with Crippen LogP contribution in [0.5, 0.6) is 11.5 Å². The predicted molar refractivity (Wildman–Crippen MR) is 123 cm³/mol. The summed E-state index contributed by atoms with van der Waals surface area (Å²) in [4.78, 5) is 19.1. The minimum Gasteiger partial charge on any atom is -0.455 e. The van der Waals surface area contributed by atoms with Gasteiger partial charge in [-0.25, -0.2) is 9.67 Å². The highest BCUT2D eigenvalue weighted by Crippen LogP contribution is 2.30. The van der Waals surface area contributed by atoms with Crippen molar-refractivity contribution in [3.05, 3.63) is 79.4 Å². The van der Waals surface area contributed by atoms with Crippen molar-refractivity contribution < 1.29 is 9.53 Å². The number of piperidine rings is 1. The van der Waals surface area contributed by atoms with Gasteiger partial charge in [0.05, 0.1) is 11.6 Å². The molecule has 1 unspecified atom stereocenters. The van der Waals surface area contributed by atoms with Gasteiger partial charge in [-0.1, -0.05) is 30.3 Å². The minimum absolute atomic E-state index is 0.0315. The van der Waals surface area contributed by atoms with Gasteiger partial charge < -0.3 is 15.0 Å². The number of carbonyl (C=O) groups excluding carboxylic acids is 1. The fraction of sp³-hybridized carbons (Fsp3) is 0.208. The van der Waals surface area contributed by atoms with E-state index in [1.165, 1.54) is 6.33 Å². The number of nitrogens with one attached hydrogen (secondary N) is 1. The smallest absolute Gasteiger partial charge is 0.229 e. The standard InChI is InChI=1S/C24H23N7O2/c32-24(27-20-10-4-5-11-21(20)33-19-8-2-1-3-9-19)18-7-6-14-30(15-18)22-12-13-23(29-28-22)31-17-25-16-26-31/h1-5,8-13,16-18H,6-7,14-15H2,(H,27,32). The lowest BCUT2D eigenvalue weighted by Crippen LogP contribution is -2.41. The van der Waals surface area contributed by atoms with Crippen LogP contribution in [-0.2, 0) is 4.79 Å². The summed E-state index contributed by atoms with van der Waals surface area (Å²) in [6.45, 7) is 1.40. The average Bonchev–Trinajstić information content (AvgIpc) is 3.41. The number of rotatable bonds is 6. The number of amides is 1.